The average Bonchev–Trinajstić information content (AvgIpc) is 2.42. The number of aryl methyl sites for hydroxylation is 1. The lowest BCUT2D eigenvalue weighted by Crippen LogP contribution is -2.17. The molecule has 0 saturated heterocycles. The molecule has 5 heteroatoms. The largest absolute Gasteiger partial charge is 0.373 e. The molecule has 1 N–H and O–H groups in total. The van der Waals surface area contributed by atoms with Crippen LogP contribution in [-0.2, 0) is 5.41 Å². The lowest BCUT2D eigenvalue weighted by molar-refractivity contribution is 0.544. The Hall–Kier alpha value is -2.04. The first-order valence-electron chi connectivity index (χ1n) is 6.76. The van der Waals surface area contributed by atoms with Crippen molar-refractivity contribution in [2.24, 2.45) is 0 Å². The van der Waals surface area contributed by atoms with Crippen LogP contribution >= 0.6 is 0 Å². The molecule has 2 aromatic rings. The number of hydrogen-bond donors (Lipinski definition) is 1. The molecule has 0 aliphatic carbocycles. The van der Waals surface area contributed by atoms with Gasteiger partial charge in [-0.15, -0.1) is 0 Å². The third-order valence-electron chi connectivity index (χ3n) is 3.19. The summed E-state index contributed by atoms with van der Waals surface area (Å²) < 4.78 is 28.4. The highest BCUT2D eigenvalue weighted by Crippen LogP contribution is 2.30. The first kappa shape index (κ1) is 15.4. The van der Waals surface area contributed by atoms with Gasteiger partial charge < -0.3 is 5.32 Å². The van der Waals surface area contributed by atoms with Gasteiger partial charge >= 0.3 is 0 Å². The lowest BCUT2D eigenvalue weighted by Gasteiger charge is -2.19. The Morgan fingerprint density at radius 3 is 2.33 bits per heavy atom. The number of benzene rings is 1. The van der Waals surface area contributed by atoms with Crippen molar-refractivity contribution in [1.82, 2.24) is 9.97 Å². The maximum Gasteiger partial charge on any atom is 0.138 e. The summed E-state index contributed by atoms with van der Waals surface area (Å²) in [4.78, 5) is 8.72. The molecule has 112 valence electrons. The van der Waals surface area contributed by atoms with Gasteiger partial charge in [-0.2, -0.15) is 0 Å². The van der Waals surface area contributed by atoms with Gasteiger partial charge in [0, 0.05) is 18.5 Å². The Bertz CT molecular complexity index is 676. The van der Waals surface area contributed by atoms with Gasteiger partial charge in [-0.3, -0.25) is 0 Å². The molecule has 0 aliphatic heterocycles. The monoisotopic (exact) mass is 291 g/mol. The van der Waals surface area contributed by atoms with Gasteiger partial charge in [-0.1, -0.05) is 26.8 Å². The predicted molar refractivity (Wildman–Crippen MR) is 80.4 cm³/mol. The van der Waals surface area contributed by atoms with Gasteiger partial charge in [0.1, 0.15) is 23.3 Å². The number of nitrogens with one attached hydrogen (secondary N) is 1. The molecular formula is C16H19F2N3. The van der Waals surface area contributed by atoms with Gasteiger partial charge in [-0.05, 0) is 18.6 Å². The van der Waals surface area contributed by atoms with Crippen LogP contribution in [0.15, 0.2) is 18.2 Å². The van der Waals surface area contributed by atoms with Crippen LogP contribution < -0.4 is 5.32 Å². The number of aromatic nitrogens is 2. The second-order valence-corrected chi connectivity index (χ2v) is 6.02. The summed E-state index contributed by atoms with van der Waals surface area (Å²) in [5.74, 6) is -0.149. The zero-order valence-corrected chi connectivity index (χ0v) is 12.9. The van der Waals surface area contributed by atoms with E-state index in [1.165, 1.54) is 12.1 Å². The Morgan fingerprint density at radius 1 is 1.10 bits per heavy atom. The summed E-state index contributed by atoms with van der Waals surface area (Å²) in [5.41, 5.74) is 0.198. The van der Waals surface area contributed by atoms with E-state index in [0.717, 1.165) is 0 Å². The van der Waals surface area contributed by atoms with E-state index in [1.54, 1.807) is 20.0 Å². The van der Waals surface area contributed by atoms with E-state index in [-0.39, 0.29) is 16.7 Å². The molecule has 0 saturated carbocycles. The molecule has 0 radical (unpaired) electrons. The molecule has 0 amide bonds. The molecule has 1 aromatic carbocycles. The number of hydrogen-bond acceptors (Lipinski definition) is 3. The van der Waals surface area contributed by atoms with Gasteiger partial charge in [0.25, 0.3) is 0 Å². The van der Waals surface area contributed by atoms with Crippen molar-refractivity contribution in [3.05, 3.63) is 41.2 Å². The maximum atomic E-state index is 14.3. The van der Waals surface area contributed by atoms with Gasteiger partial charge in [0.15, 0.2) is 0 Å². The number of nitrogens with zero attached hydrogens (tertiary/aromatic N) is 2. The normalized spacial score (nSPS) is 11.6. The van der Waals surface area contributed by atoms with Crippen molar-refractivity contribution in [2.45, 2.75) is 33.1 Å². The summed E-state index contributed by atoms with van der Waals surface area (Å²) in [7, 11) is 1.71. The van der Waals surface area contributed by atoms with Crippen LogP contribution in [0.25, 0.3) is 11.3 Å². The quantitative estimate of drug-likeness (QED) is 0.906. The second kappa shape index (κ2) is 5.39. The fraction of sp³-hybridized carbons (Fsp3) is 0.375. The zero-order valence-electron chi connectivity index (χ0n) is 12.9. The SMILES string of the molecule is CNc1cc(-c2c(F)ccc(C)c2F)nc(C(C)(C)C)n1. The van der Waals surface area contributed by atoms with Crippen molar-refractivity contribution >= 4 is 5.82 Å². The molecular weight excluding hydrogens is 272 g/mol. The standard InChI is InChI=1S/C16H19F2N3/c1-9-6-7-10(17)13(14(9)18)11-8-12(19-5)21-15(20-11)16(2,3)4/h6-8H,1-5H3,(H,19,20,21). The zero-order chi connectivity index (χ0) is 15.8. The first-order chi connectivity index (χ1) is 9.74. The van der Waals surface area contributed by atoms with Crippen molar-refractivity contribution in [3.63, 3.8) is 0 Å². The Balaban J connectivity index is 2.73. The van der Waals surface area contributed by atoms with Gasteiger partial charge in [0.05, 0.1) is 11.3 Å². The van der Waals surface area contributed by atoms with Crippen LogP contribution in [0.4, 0.5) is 14.6 Å². The molecule has 0 aliphatic rings. The minimum Gasteiger partial charge on any atom is -0.373 e. The third kappa shape index (κ3) is 3.01. The highest BCUT2D eigenvalue weighted by molar-refractivity contribution is 5.65. The fourth-order valence-corrected chi connectivity index (χ4v) is 1.93. The Morgan fingerprint density at radius 2 is 1.76 bits per heavy atom. The van der Waals surface area contributed by atoms with E-state index in [2.05, 4.69) is 15.3 Å². The van der Waals surface area contributed by atoms with Crippen molar-refractivity contribution in [2.75, 3.05) is 12.4 Å². The van der Waals surface area contributed by atoms with E-state index < -0.39 is 11.6 Å². The molecule has 3 nitrogen and oxygen atoms in total. The highest BCUT2D eigenvalue weighted by atomic mass is 19.1. The first-order valence-corrected chi connectivity index (χ1v) is 6.76. The summed E-state index contributed by atoms with van der Waals surface area (Å²) in [6.45, 7) is 7.46. The van der Waals surface area contributed by atoms with Crippen LogP contribution in [0.5, 0.6) is 0 Å². The maximum absolute atomic E-state index is 14.3. The van der Waals surface area contributed by atoms with E-state index in [0.29, 0.717) is 17.2 Å². The van der Waals surface area contributed by atoms with E-state index >= 15 is 0 Å². The molecule has 1 heterocycles. The Labute approximate surface area is 123 Å². The molecule has 0 atom stereocenters. The van der Waals surface area contributed by atoms with Crippen LogP contribution in [-0.4, -0.2) is 17.0 Å². The third-order valence-corrected chi connectivity index (χ3v) is 3.19. The fourth-order valence-electron chi connectivity index (χ4n) is 1.93. The molecule has 2 rings (SSSR count). The second-order valence-electron chi connectivity index (χ2n) is 6.02. The molecule has 0 fully saturated rings. The topological polar surface area (TPSA) is 37.8 Å². The number of rotatable bonds is 2. The molecule has 0 unspecified atom stereocenters. The highest BCUT2D eigenvalue weighted by Gasteiger charge is 2.22. The minimum absolute atomic E-state index is 0.112. The smallest absolute Gasteiger partial charge is 0.138 e. The van der Waals surface area contributed by atoms with Crippen LogP contribution in [0, 0.1) is 18.6 Å². The summed E-state index contributed by atoms with van der Waals surface area (Å²) in [5, 5.41) is 2.91. The van der Waals surface area contributed by atoms with E-state index in [1.807, 2.05) is 20.8 Å². The molecule has 0 spiro atoms. The lowest BCUT2D eigenvalue weighted by atomic mass is 9.95. The molecule has 0 bridgehead atoms. The van der Waals surface area contributed by atoms with E-state index in [4.69, 9.17) is 0 Å². The summed E-state index contributed by atoms with van der Waals surface area (Å²) in [6, 6.07) is 4.22. The average molecular weight is 291 g/mol. The molecule has 21 heavy (non-hydrogen) atoms. The van der Waals surface area contributed by atoms with Crippen LogP contribution in [0.3, 0.4) is 0 Å². The van der Waals surface area contributed by atoms with Gasteiger partial charge in [-0.25, -0.2) is 18.7 Å². The van der Waals surface area contributed by atoms with Crippen molar-refractivity contribution < 1.29 is 8.78 Å². The number of anilines is 1. The minimum atomic E-state index is -0.626. The van der Waals surface area contributed by atoms with Crippen LogP contribution in [0.1, 0.15) is 32.2 Å². The van der Waals surface area contributed by atoms with Crippen molar-refractivity contribution in [1.29, 1.82) is 0 Å². The van der Waals surface area contributed by atoms with Crippen molar-refractivity contribution in [3.8, 4) is 11.3 Å². The molecule has 1 aromatic heterocycles. The number of halogens is 2. The Kier molecular flexibility index (Phi) is 3.94. The predicted octanol–water partition coefficient (Wildman–Crippen LogP) is 4.07. The summed E-state index contributed by atoms with van der Waals surface area (Å²) in [6.07, 6.45) is 0. The van der Waals surface area contributed by atoms with Gasteiger partial charge in [0.2, 0.25) is 0 Å². The van der Waals surface area contributed by atoms with E-state index in [9.17, 15) is 8.78 Å². The summed E-state index contributed by atoms with van der Waals surface area (Å²) >= 11 is 0. The van der Waals surface area contributed by atoms with Crippen LogP contribution in [0.2, 0.25) is 0 Å².